The molecule has 1 saturated carbocycles. The quantitative estimate of drug-likeness (QED) is 0.810. The molecule has 0 spiro atoms. The van der Waals surface area contributed by atoms with Crippen molar-refractivity contribution in [2.45, 2.75) is 32.1 Å². The van der Waals surface area contributed by atoms with Crippen LogP contribution in [0.1, 0.15) is 42.6 Å². The number of fused-ring (bicyclic) bond motifs is 1. The molecule has 6 nitrogen and oxygen atoms in total. The highest BCUT2D eigenvalue weighted by Crippen LogP contribution is 2.41. The highest BCUT2D eigenvalue weighted by molar-refractivity contribution is 6.08. The van der Waals surface area contributed by atoms with Crippen molar-refractivity contribution in [3.8, 4) is 0 Å². The van der Waals surface area contributed by atoms with Gasteiger partial charge in [-0.25, -0.2) is 0 Å². The highest BCUT2D eigenvalue weighted by Gasteiger charge is 2.42. The molecule has 138 valence electrons. The molecular weight excluding hydrogens is 330 g/mol. The first-order valence-corrected chi connectivity index (χ1v) is 9.31. The molecule has 2 aliphatic heterocycles. The van der Waals surface area contributed by atoms with E-state index >= 15 is 0 Å². The molecule has 26 heavy (non-hydrogen) atoms. The van der Waals surface area contributed by atoms with E-state index in [1.807, 2.05) is 35.8 Å². The first-order chi connectivity index (χ1) is 12.3. The van der Waals surface area contributed by atoms with Crippen molar-refractivity contribution in [1.82, 2.24) is 9.80 Å². The van der Waals surface area contributed by atoms with Gasteiger partial charge in [-0.05, 0) is 50.5 Å². The largest absolute Gasteiger partial charge is 0.339 e. The Balaban J connectivity index is 1.49. The first kappa shape index (κ1) is 17.1. The lowest BCUT2D eigenvalue weighted by Gasteiger charge is -2.35. The van der Waals surface area contributed by atoms with Crippen LogP contribution in [0.3, 0.4) is 0 Å². The standard InChI is InChI=1S/C20H25N3O3/c1-20(2)15-12-14(6-7-16(15)21(3)19(20)26)18(25)23-10-8-22(9-11-23)17(24)13-4-5-13/h6-7,12-13H,4-5,8-11H2,1-3H3. The number of carbonyl (C=O) groups is 3. The second-order valence-corrected chi connectivity index (χ2v) is 8.11. The van der Waals surface area contributed by atoms with E-state index in [4.69, 9.17) is 0 Å². The van der Waals surface area contributed by atoms with Crippen LogP contribution in [0, 0.1) is 5.92 Å². The lowest BCUT2D eigenvalue weighted by atomic mass is 9.85. The van der Waals surface area contributed by atoms with Crippen molar-refractivity contribution in [2.24, 2.45) is 5.92 Å². The number of nitrogens with zero attached hydrogens (tertiary/aromatic N) is 3. The zero-order chi connectivity index (χ0) is 18.6. The topological polar surface area (TPSA) is 60.9 Å². The highest BCUT2D eigenvalue weighted by atomic mass is 16.2. The van der Waals surface area contributed by atoms with Crippen LogP contribution >= 0.6 is 0 Å². The van der Waals surface area contributed by atoms with Crippen LogP contribution in [-0.2, 0) is 15.0 Å². The summed E-state index contributed by atoms with van der Waals surface area (Å²) in [4.78, 5) is 42.9. The summed E-state index contributed by atoms with van der Waals surface area (Å²) in [6.07, 6.45) is 2.02. The maximum absolute atomic E-state index is 12.9. The third-order valence-corrected chi connectivity index (χ3v) is 5.92. The van der Waals surface area contributed by atoms with Gasteiger partial charge in [0.1, 0.15) is 0 Å². The Morgan fingerprint density at radius 2 is 1.65 bits per heavy atom. The Kier molecular flexibility index (Phi) is 3.82. The first-order valence-electron chi connectivity index (χ1n) is 9.31. The third-order valence-electron chi connectivity index (χ3n) is 5.92. The summed E-state index contributed by atoms with van der Waals surface area (Å²) < 4.78 is 0. The van der Waals surface area contributed by atoms with Crippen LogP contribution in [0.5, 0.6) is 0 Å². The SMILES string of the molecule is CN1C(=O)C(C)(C)c2cc(C(=O)N3CCN(C(=O)C4CC4)CC3)ccc21. The zero-order valence-corrected chi connectivity index (χ0v) is 15.6. The van der Waals surface area contributed by atoms with Crippen LogP contribution < -0.4 is 4.90 Å². The minimum absolute atomic E-state index is 0.0240. The summed E-state index contributed by atoms with van der Waals surface area (Å²) in [5.74, 6) is 0.497. The molecule has 1 aliphatic carbocycles. The van der Waals surface area contributed by atoms with Gasteiger partial charge in [-0.15, -0.1) is 0 Å². The number of anilines is 1. The molecule has 1 aromatic rings. The molecule has 6 heteroatoms. The zero-order valence-electron chi connectivity index (χ0n) is 15.6. The van der Waals surface area contributed by atoms with Crippen LogP contribution in [0.15, 0.2) is 18.2 Å². The number of carbonyl (C=O) groups excluding carboxylic acids is 3. The van der Waals surface area contributed by atoms with E-state index in [0.717, 1.165) is 24.1 Å². The van der Waals surface area contributed by atoms with Gasteiger partial charge in [0.15, 0.2) is 0 Å². The Labute approximate surface area is 153 Å². The van der Waals surface area contributed by atoms with Crippen molar-refractivity contribution in [3.63, 3.8) is 0 Å². The van der Waals surface area contributed by atoms with Crippen LogP contribution in [0.4, 0.5) is 5.69 Å². The Hall–Kier alpha value is -2.37. The van der Waals surface area contributed by atoms with E-state index in [2.05, 4.69) is 0 Å². The molecule has 0 bridgehead atoms. The summed E-state index contributed by atoms with van der Waals surface area (Å²) in [7, 11) is 1.77. The van der Waals surface area contributed by atoms with Crippen LogP contribution in [-0.4, -0.2) is 60.7 Å². The van der Waals surface area contributed by atoms with Gasteiger partial charge in [0.2, 0.25) is 11.8 Å². The summed E-state index contributed by atoms with van der Waals surface area (Å²) in [5.41, 5.74) is 1.77. The molecule has 1 saturated heterocycles. The summed E-state index contributed by atoms with van der Waals surface area (Å²) in [6.45, 7) is 6.15. The third kappa shape index (κ3) is 2.59. The van der Waals surface area contributed by atoms with Gasteiger partial charge in [0.05, 0.1) is 5.41 Å². The average molecular weight is 355 g/mol. The van der Waals surface area contributed by atoms with Crippen molar-refractivity contribution in [3.05, 3.63) is 29.3 Å². The van der Waals surface area contributed by atoms with Gasteiger partial charge in [0, 0.05) is 50.4 Å². The van der Waals surface area contributed by atoms with E-state index in [9.17, 15) is 14.4 Å². The lowest BCUT2D eigenvalue weighted by Crippen LogP contribution is -2.51. The normalized spacial score (nSPS) is 21.8. The lowest BCUT2D eigenvalue weighted by molar-refractivity contribution is -0.134. The number of likely N-dealkylation sites (N-methyl/N-ethyl adjacent to an activating group) is 1. The van der Waals surface area contributed by atoms with Gasteiger partial charge in [-0.1, -0.05) is 0 Å². The van der Waals surface area contributed by atoms with Crippen molar-refractivity contribution < 1.29 is 14.4 Å². The molecule has 1 aromatic carbocycles. The van der Waals surface area contributed by atoms with E-state index in [-0.39, 0.29) is 23.6 Å². The average Bonchev–Trinajstić information content (AvgIpc) is 3.48. The van der Waals surface area contributed by atoms with Gasteiger partial charge in [-0.2, -0.15) is 0 Å². The minimum Gasteiger partial charge on any atom is -0.339 e. The summed E-state index contributed by atoms with van der Waals surface area (Å²) >= 11 is 0. The van der Waals surface area contributed by atoms with Crippen molar-refractivity contribution >= 4 is 23.4 Å². The Bertz CT molecular complexity index is 789. The van der Waals surface area contributed by atoms with E-state index in [1.165, 1.54) is 0 Å². The fraction of sp³-hybridized carbons (Fsp3) is 0.550. The second-order valence-electron chi connectivity index (χ2n) is 8.11. The Morgan fingerprint density at radius 1 is 1.04 bits per heavy atom. The number of hydrogen-bond donors (Lipinski definition) is 0. The van der Waals surface area contributed by atoms with E-state index in [0.29, 0.717) is 31.7 Å². The van der Waals surface area contributed by atoms with Crippen molar-refractivity contribution in [1.29, 1.82) is 0 Å². The molecule has 2 fully saturated rings. The van der Waals surface area contributed by atoms with Gasteiger partial charge < -0.3 is 14.7 Å². The molecule has 0 unspecified atom stereocenters. The minimum atomic E-state index is -0.615. The Morgan fingerprint density at radius 3 is 2.27 bits per heavy atom. The maximum Gasteiger partial charge on any atom is 0.253 e. The smallest absolute Gasteiger partial charge is 0.253 e. The predicted molar refractivity (Wildman–Crippen MR) is 98.1 cm³/mol. The molecule has 0 aromatic heterocycles. The summed E-state index contributed by atoms with van der Waals surface area (Å²) in [5, 5.41) is 0. The number of amides is 3. The number of hydrogen-bond acceptors (Lipinski definition) is 3. The maximum atomic E-state index is 12.9. The molecule has 3 amide bonds. The molecule has 0 N–H and O–H groups in total. The number of benzene rings is 1. The number of piperazine rings is 1. The molecule has 3 aliphatic rings. The van der Waals surface area contributed by atoms with E-state index < -0.39 is 5.41 Å². The van der Waals surface area contributed by atoms with Crippen LogP contribution in [0.25, 0.3) is 0 Å². The van der Waals surface area contributed by atoms with Crippen LogP contribution in [0.2, 0.25) is 0 Å². The predicted octanol–water partition coefficient (Wildman–Crippen LogP) is 1.63. The van der Waals surface area contributed by atoms with E-state index in [1.54, 1.807) is 18.0 Å². The number of rotatable bonds is 2. The van der Waals surface area contributed by atoms with Gasteiger partial charge >= 0.3 is 0 Å². The van der Waals surface area contributed by atoms with Gasteiger partial charge in [0.25, 0.3) is 5.91 Å². The fourth-order valence-electron chi connectivity index (χ4n) is 4.01. The molecule has 0 atom stereocenters. The monoisotopic (exact) mass is 355 g/mol. The van der Waals surface area contributed by atoms with Gasteiger partial charge in [-0.3, -0.25) is 14.4 Å². The molecular formula is C20H25N3O3. The second kappa shape index (κ2) is 5.83. The van der Waals surface area contributed by atoms with Crippen molar-refractivity contribution in [2.75, 3.05) is 38.1 Å². The fourth-order valence-corrected chi connectivity index (χ4v) is 4.01. The summed E-state index contributed by atoms with van der Waals surface area (Å²) in [6, 6.07) is 5.52. The molecule has 0 radical (unpaired) electrons. The molecule has 4 rings (SSSR count). The molecule has 2 heterocycles.